The number of hydrogen-bond donors (Lipinski definition) is 8. The Morgan fingerprint density at radius 3 is 1.07 bits per heavy atom. The third kappa shape index (κ3) is 52.0. The van der Waals surface area contributed by atoms with Crippen LogP contribution in [0.5, 0.6) is 0 Å². The molecule has 0 aromatic heterocycles. The minimum Gasteiger partial charge on any atom is -0.402 e. The summed E-state index contributed by atoms with van der Waals surface area (Å²) >= 11 is 0. The van der Waals surface area contributed by atoms with Crippen molar-refractivity contribution in [2.45, 2.75) is 77.0 Å². The van der Waals surface area contributed by atoms with Gasteiger partial charge in [-0.05, 0) is 12.8 Å². The molecular formula is C18H42BN3O7. The van der Waals surface area contributed by atoms with Crippen molar-refractivity contribution in [1.29, 1.82) is 0 Å². The summed E-state index contributed by atoms with van der Waals surface area (Å²) in [7, 11) is -2.17. The molecule has 0 spiro atoms. The van der Waals surface area contributed by atoms with Gasteiger partial charge in [0.25, 0.3) is 0 Å². The van der Waals surface area contributed by atoms with Crippen molar-refractivity contribution in [3.05, 3.63) is 0 Å². The number of rotatable bonds is 17. The molecule has 2 amide bonds. The monoisotopic (exact) mass is 423 g/mol. The second-order valence-electron chi connectivity index (χ2n) is 6.51. The van der Waals surface area contributed by atoms with Crippen LogP contribution in [0.15, 0.2) is 0 Å². The van der Waals surface area contributed by atoms with Crippen LogP contribution in [0.2, 0.25) is 0 Å². The van der Waals surface area contributed by atoms with Gasteiger partial charge in [0.1, 0.15) is 0 Å². The fraction of sp³-hybridized carbons (Fsp3) is 0.889. The molecule has 0 saturated carbocycles. The van der Waals surface area contributed by atoms with Crippen LogP contribution in [0, 0.1) is 0 Å². The Kier molecular flexibility index (Phi) is 32.4. The zero-order valence-electron chi connectivity index (χ0n) is 17.6. The van der Waals surface area contributed by atoms with Gasteiger partial charge in [0.2, 0.25) is 11.8 Å². The van der Waals surface area contributed by atoms with Crippen LogP contribution >= 0.6 is 0 Å². The van der Waals surface area contributed by atoms with Crippen LogP contribution in [-0.4, -0.2) is 70.7 Å². The smallest absolute Gasteiger partial charge is 0.402 e. The second-order valence-corrected chi connectivity index (χ2v) is 6.51. The average molecular weight is 423 g/mol. The van der Waals surface area contributed by atoms with Gasteiger partial charge >= 0.3 is 7.32 Å². The number of aliphatic hydroxyl groups is 2. The quantitative estimate of drug-likeness (QED) is 0.109. The van der Waals surface area contributed by atoms with Crippen LogP contribution in [0.3, 0.4) is 0 Å². The summed E-state index contributed by atoms with van der Waals surface area (Å²) in [5, 5.41) is 40.6. The Balaban J connectivity index is -0.000000504. The molecule has 174 valence electrons. The average Bonchev–Trinajstić information content (AvgIpc) is 2.62. The van der Waals surface area contributed by atoms with Gasteiger partial charge in [0.15, 0.2) is 0 Å². The number of nitrogens with one attached hydrogen (secondary N) is 1. The Morgan fingerprint density at radius 1 is 0.621 bits per heavy atom. The number of amides is 2. The number of hydrogen-bond acceptors (Lipinski definition) is 8. The zero-order valence-corrected chi connectivity index (χ0v) is 17.6. The van der Waals surface area contributed by atoms with E-state index in [1.54, 1.807) is 0 Å². The van der Waals surface area contributed by atoms with Crippen LogP contribution in [0.1, 0.15) is 77.0 Å². The topological polar surface area (TPSA) is 199 Å². The Labute approximate surface area is 174 Å². The maximum atomic E-state index is 10.5. The molecule has 0 saturated heterocycles. The van der Waals surface area contributed by atoms with E-state index < -0.39 is 7.32 Å². The molecule has 0 unspecified atom stereocenters. The molecular weight excluding hydrogens is 381 g/mol. The van der Waals surface area contributed by atoms with Crippen LogP contribution < -0.4 is 16.8 Å². The standard InChI is InChI=1S/C14H28N2O2.C4H11NO2.BH3O3/c15-13(17)11-9-7-5-3-1-2-4-6-8-10-12-14(16)18;6-3-1-5-2-4-7;2-1(3)4/h1-12H2,(H2,15,17)(H2,16,18);5-7H,1-4H2;2-4H. The summed E-state index contributed by atoms with van der Waals surface area (Å²) in [6.45, 7) is 1.42. The number of carbonyl (C=O) groups is 2. The van der Waals surface area contributed by atoms with Gasteiger partial charge in [-0.2, -0.15) is 0 Å². The predicted molar refractivity (Wildman–Crippen MR) is 113 cm³/mol. The van der Waals surface area contributed by atoms with Crippen molar-refractivity contribution in [3.8, 4) is 0 Å². The van der Waals surface area contributed by atoms with Crippen molar-refractivity contribution >= 4 is 19.1 Å². The highest BCUT2D eigenvalue weighted by Gasteiger charge is 1.97. The van der Waals surface area contributed by atoms with Crippen LogP contribution in [-0.2, 0) is 9.59 Å². The van der Waals surface area contributed by atoms with Crippen LogP contribution in [0.25, 0.3) is 0 Å². The van der Waals surface area contributed by atoms with Crippen LogP contribution in [0.4, 0.5) is 0 Å². The molecule has 0 bridgehead atoms. The maximum Gasteiger partial charge on any atom is 0.631 e. The highest BCUT2D eigenvalue weighted by atomic mass is 16.5. The Morgan fingerprint density at radius 2 is 0.862 bits per heavy atom. The van der Waals surface area contributed by atoms with Gasteiger partial charge in [0, 0.05) is 25.9 Å². The first kappa shape index (κ1) is 32.4. The molecule has 0 fully saturated rings. The highest BCUT2D eigenvalue weighted by Crippen LogP contribution is 2.11. The lowest BCUT2D eigenvalue weighted by Gasteiger charge is -2.02. The minimum absolute atomic E-state index is 0.139. The maximum absolute atomic E-state index is 10.5. The number of unbranched alkanes of at least 4 members (excludes halogenated alkanes) is 9. The summed E-state index contributed by atoms with van der Waals surface area (Å²) in [5.41, 5.74) is 10.1. The molecule has 29 heavy (non-hydrogen) atoms. The molecule has 0 aromatic carbocycles. The number of aliphatic hydroxyl groups excluding tert-OH is 2. The SMILES string of the molecule is NC(=O)CCCCCCCCCCCCC(N)=O.OB(O)O.OCCNCCO. The third-order valence-electron chi connectivity index (χ3n) is 3.67. The molecule has 0 atom stereocenters. The number of primary amides is 2. The summed E-state index contributed by atoms with van der Waals surface area (Å²) in [6, 6.07) is 0. The molecule has 0 aromatic rings. The van der Waals surface area contributed by atoms with Gasteiger partial charge in [-0.3, -0.25) is 9.59 Å². The van der Waals surface area contributed by atoms with E-state index in [4.69, 9.17) is 36.8 Å². The summed E-state index contributed by atoms with van der Waals surface area (Å²) < 4.78 is 0. The summed E-state index contributed by atoms with van der Waals surface area (Å²) in [6.07, 6.45) is 12.6. The van der Waals surface area contributed by atoms with Crippen molar-refractivity contribution < 1.29 is 34.9 Å². The molecule has 0 heterocycles. The Hall–Kier alpha value is -1.24. The summed E-state index contributed by atoms with van der Waals surface area (Å²) in [4.78, 5) is 21.0. The minimum atomic E-state index is -2.17. The van der Waals surface area contributed by atoms with Gasteiger partial charge in [0.05, 0.1) is 13.2 Å². The van der Waals surface area contributed by atoms with Crippen molar-refractivity contribution in [2.75, 3.05) is 26.3 Å². The Bertz CT molecular complexity index is 321. The largest absolute Gasteiger partial charge is 0.631 e. The van der Waals surface area contributed by atoms with Gasteiger partial charge in [-0.15, -0.1) is 0 Å². The van der Waals surface area contributed by atoms with Gasteiger partial charge in [-0.25, -0.2) is 0 Å². The van der Waals surface area contributed by atoms with Crippen molar-refractivity contribution in [3.63, 3.8) is 0 Å². The van der Waals surface area contributed by atoms with Gasteiger partial charge < -0.3 is 42.1 Å². The fourth-order valence-corrected chi connectivity index (χ4v) is 2.30. The predicted octanol–water partition coefficient (Wildman–Crippen LogP) is -0.853. The molecule has 11 heteroatoms. The third-order valence-corrected chi connectivity index (χ3v) is 3.67. The first-order valence-electron chi connectivity index (χ1n) is 10.3. The van der Waals surface area contributed by atoms with Gasteiger partial charge in [-0.1, -0.05) is 51.4 Å². The molecule has 10 nitrogen and oxygen atoms in total. The van der Waals surface area contributed by atoms with Crippen molar-refractivity contribution in [1.82, 2.24) is 5.32 Å². The van der Waals surface area contributed by atoms with E-state index in [9.17, 15) is 9.59 Å². The number of carbonyl (C=O) groups excluding carboxylic acids is 2. The number of nitrogens with two attached hydrogens (primary N) is 2. The zero-order chi connectivity index (χ0) is 22.8. The molecule has 0 radical (unpaired) electrons. The van der Waals surface area contributed by atoms with E-state index in [2.05, 4.69) is 5.32 Å². The lowest BCUT2D eigenvalue weighted by molar-refractivity contribution is -0.119. The van der Waals surface area contributed by atoms with E-state index in [-0.39, 0.29) is 25.0 Å². The lowest BCUT2D eigenvalue weighted by atomic mass is 10.1. The van der Waals surface area contributed by atoms with Crippen molar-refractivity contribution in [2.24, 2.45) is 11.5 Å². The van der Waals surface area contributed by atoms with E-state index in [1.807, 2.05) is 0 Å². The lowest BCUT2D eigenvalue weighted by Crippen LogP contribution is -2.21. The van der Waals surface area contributed by atoms with E-state index in [1.165, 1.54) is 38.5 Å². The normalized spacial score (nSPS) is 9.69. The first-order chi connectivity index (χ1) is 13.8. The molecule has 0 rings (SSSR count). The fourth-order valence-electron chi connectivity index (χ4n) is 2.30. The highest BCUT2D eigenvalue weighted by molar-refractivity contribution is 6.30. The summed E-state index contributed by atoms with van der Waals surface area (Å²) in [5.74, 6) is -0.378. The first-order valence-corrected chi connectivity index (χ1v) is 10.3. The molecule has 0 aliphatic heterocycles. The second kappa shape index (κ2) is 29.0. The molecule has 10 N–H and O–H groups in total. The van der Waals surface area contributed by atoms with E-state index in [0.717, 1.165) is 25.7 Å². The molecule has 0 aliphatic carbocycles. The molecule has 0 aliphatic rings. The van der Waals surface area contributed by atoms with E-state index >= 15 is 0 Å². The van der Waals surface area contributed by atoms with E-state index in [0.29, 0.717) is 25.9 Å².